The Kier molecular flexibility index (Phi) is 14.6. The summed E-state index contributed by atoms with van der Waals surface area (Å²) in [4.78, 5) is 10.7. The van der Waals surface area contributed by atoms with Crippen molar-refractivity contribution >= 4 is 5.97 Å². The fourth-order valence-corrected chi connectivity index (χ4v) is 2.20. The normalized spacial score (nSPS) is 13.2. The third-order valence-electron chi connectivity index (χ3n) is 3.76. The summed E-state index contributed by atoms with van der Waals surface area (Å²) in [6.07, 6.45) is 21.9. The van der Waals surface area contributed by atoms with Gasteiger partial charge in [-0.15, -0.1) is 0 Å². The first kappa shape index (κ1) is 19.9. The smallest absolute Gasteiger partial charge is 0.306 e. The van der Waals surface area contributed by atoms with Crippen LogP contribution in [-0.4, -0.2) is 11.1 Å². The number of hydrogen-bond acceptors (Lipinski definition) is 1. The Labute approximate surface area is 131 Å². The van der Waals surface area contributed by atoms with Crippen LogP contribution in [0, 0.1) is 5.92 Å². The molecule has 0 aromatic heterocycles. The topological polar surface area (TPSA) is 37.3 Å². The van der Waals surface area contributed by atoms with Crippen molar-refractivity contribution in [3.05, 3.63) is 24.3 Å². The van der Waals surface area contributed by atoms with E-state index in [2.05, 4.69) is 31.2 Å². The van der Waals surface area contributed by atoms with E-state index in [9.17, 15) is 4.79 Å². The van der Waals surface area contributed by atoms with Crippen LogP contribution < -0.4 is 0 Å². The average Bonchev–Trinajstić information content (AvgIpc) is 2.47. The highest BCUT2D eigenvalue weighted by Gasteiger charge is 2.09. The lowest BCUT2D eigenvalue weighted by molar-refractivity contribution is -0.141. The van der Waals surface area contributed by atoms with E-state index in [4.69, 9.17) is 5.11 Å². The van der Waals surface area contributed by atoms with Gasteiger partial charge in [0, 0.05) is 0 Å². The fourth-order valence-electron chi connectivity index (χ4n) is 2.20. The Morgan fingerprint density at radius 3 is 2.10 bits per heavy atom. The minimum atomic E-state index is -0.663. The highest BCUT2D eigenvalue weighted by molar-refractivity contribution is 5.69. The van der Waals surface area contributed by atoms with Gasteiger partial charge in [-0.2, -0.15) is 0 Å². The van der Waals surface area contributed by atoms with Crippen LogP contribution in [0.2, 0.25) is 0 Å². The first-order chi connectivity index (χ1) is 10.2. The molecule has 0 aromatic rings. The summed E-state index contributed by atoms with van der Waals surface area (Å²) in [5, 5.41) is 8.77. The maximum Gasteiger partial charge on any atom is 0.306 e. The number of allylic oxidation sites excluding steroid dienone is 4. The molecule has 2 heteroatoms. The van der Waals surface area contributed by atoms with Crippen LogP contribution in [0.4, 0.5) is 0 Å². The molecule has 1 atom stereocenters. The number of aliphatic carboxylic acids is 1. The lowest BCUT2D eigenvalue weighted by atomic mass is 10.0. The monoisotopic (exact) mass is 294 g/mol. The molecule has 0 fully saturated rings. The Balaban J connectivity index is 3.25. The highest BCUT2D eigenvalue weighted by Crippen LogP contribution is 2.12. The molecule has 1 N–H and O–H groups in total. The summed E-state index contributed by atoms with van der Waals surface area (Å²) < 4.78 is 0. The highest BCUT2D eigenvalue weighted by atomic mass is 16.4. The summed E-state index contributed by atoms with van der Waals surface area (Å²) in [5.74, 6) is -0.845. The number of unbranched alkanes of at least 4 members (excludes halogenated alkanes) is 7. The van der Waals surface area contributed by atoms with Crippen molar-refractivity contribution in [3.8, 4) is 0 Å². The van der Waals surface area contributed by atoms with Crippen LogP contribution in [-0.2, 0) is 4.79 Å². The van der Waals surface area contributed by atoms with E-state index in [0.29, 0.717) is 0 Å². The van der Waals surface area contributed by atoms with E-state index < -0.39 is 5.97 Å². The predicted molar refractivity (Wildman–Crippen MR) is 91.5 cm³/mol. The summed E-state index contributed by atoms with van der Waals surface area (Å²) in [6, 6.07) is 0. The zero-order valence-corrected chi connectivity index (χ0v) is 14.0. The molecule has 0 aliphatic heterocycles. The molecule has 0 saturated heterocycles. The van der Waals surface area contributed by atoms with Gasteiger partial charge < -0.3 is 5.11 Å². The van der Waals surface area contributed by atoms with Crippen molar-refractivity contribution in [1.29, 1.82) is 0 Å². The largest absolute Gasteiger partial charge is 0.481 e. The minimum Gasteiger partial charge on any atom is -0.481 e. The molecule has 0 aliphatic carbocycles. The molecule has 21 heavy (non-hydrogen) atoms. The lowest BCUT2D eigenvalue weighted by Crippen LogP contribution is -2.08. The van der Waals surface area contributed by atoms with Crippen LogP contribution in [0.5, 0.6) is 0 Å². The van der Waals surface area contributed by atoms with Gasteiger partial charge in [0.15, 0.2) is 0 Å². The van der Waals surface area contributed by atoms with Crippen molar-refractivity contribution in [1.82, 2.24) is 0 Å². The maximum atomic E-state index is 10.7. The molecule has 1 unspecified atom stereocenters. The molecule has 0 bridgehead atoms. The zero-order chi connectivity index (χ0) is 15.8. The third kappa shape index (κ3) is 15.2. The fraction of sp³-hybridized carbons (Fsp3) is 0.737. The Morgan fingerprint density at radius 2 is 1.48 bits per heavy atom. The van der Waals surface area contributed by atoms with Gasteiger partial charge in [0.2, 0.25) is 0 Å². The van der Waals surface area contributed by atoms with Gasteiger partial charge in [0.25, 0.3) is 0 Å². The first-order valence-corrected chi connectivity index (χ1v) is 8.71. The summed E-state index contributed by atoms with van der Waals surface area (Å²) >= 11 is 0. The molecule has 0 saturated carbocycles. The van der Waals surface area contributed by atoms with E-state index in [1.165, 1.54) is 51.4 Å². The van der Waals surface area contributed by atoms with Crippen molar-refractivity contribution in [3.63, 3.8) is 0 Å². The van der Waals surface area contributed by atoms with Crippen LogP contribution in [0.15, 0.2) is 24.3 Å². The molecule has 0 spiro atoms. The second-order valence-corrected chi connectivity index (χ2v) is 5.91. The van der Waals surface area contributed by atoms with Crippen LogP contribution >= 0.6 is 0 Å². The maximum absolute atomic E-state index is 10.7. The van der Waals surface area contributed by atoms with Gasteiger partial charge in [-0.1, -0.05) is 76.7 Å². The Hall–Kier alpha value is -1.05. The van der Waals surface area contributed by atoms with Gasteiger partial charge in [-0.25, -0.2) is 0 Å². The second kappa shape index (κ2) is 15.3. The van der Waals surface area contributed by atoms with Crippen LogP contribution in [0.25, 0.3) is 0 Å². The van der Waals surface area contributed by atoms with Crippen molar-refractivity contribution in [2.24, 2.45) is 5.92 Å². The Morgan fingerprint density at radius 1 is 0.905 bits per heavy atom. The van der Waals surface area contributed by atoms with Gasteiger partial charge in [0.05, 0.1) is 5.92 Å². The van der Waals surface area contributed by atoms with Gasteiger partial charge in [-0.3, -0.25) is 4.79 Å². The molecular weight excluding hydrogens is 260 g/mol. The number of rotatable bonds is 14. The molecule has 0 aliphatic rings. The molecular formula is C19H34O2. The molecule has 0 heterocycles. The van der Waals surface area contributed by atoms with Gasteiger partial charge in [0.1, 0.15) is 0 Å². The number of carboxylic acid groups (broad SMARTS) is 1. The molecule has 0 aromatic carbocycles. The average molecular weight is 294 g/mol. The molecule has 0 rings (SSSR count). The Bertz CT molecular complexity index is 292. The summed E-state index contributed by atoms with van der Waals surface area (Å²) in [7, 11) is 0. The molecule has 0 amide bonds. The van der Waals surface area contributed by atoms with E-state index in [1.54, 1.807) is 6.92 Å². The quantitative estimate of drug-likeness (QED) is 0.309. The number of carbonyl (C=O) groups is 1. The van der Waals surface area contributed by atoms with Gasteiger partial charge >= 0.3 is 5.97 Å². The number of hydrogen-bond donors (Lipinski definition) is 1. The van der Waals surface area contributed by atoms with Crippen LogP contribution in [0.3, 0.4) is 0 Å². The second-order valence-electron chi connectivity index (χ2n) is 5.91. The molecule has 0 radical (unpaired) electrons. The van der Waals surface area contributed by atoms with Crippen LogP contribution in [0.1, 0.15) is 84.5 Å². The number of carboxylic acids is 1. The van der Waals surface area contributed by atoms with Gasteiger partial charge in [-0.05, 0) is 32.1 Å². The summed E-state index contributed by atoms with van der Waals surface area (Å²) in [6.45, 7) is 4.02. The van der Waals surface area contributed by atoms with E-state index in [0.717, 1.165) is 19.3 Å². The summed E-state index contributed by atoms with van der Waals surface area (Å²) in [5.41, 5.74) is 0. The van der Waals surface area contributed by atoms with Crippen molar-refractivity contribution in [2.45, 2.75) is 84.5 Å². The minimum absolute atomic E-state index is 0.182. The SMILES string of the molecule is CCCCC=CCC=CCCCCCCCC(C)C(=O)O. The lowest BCUT2D eigenvalue weighted by Gasteiger charge is -2.05. The third-order valence-corrected chi connectivity index (χ3v) is 3.76. The molecule has 122 valence electrons. The van der Waals surface area contributed by atoms with E-state index >= 15 is 0 Å². The van der Waals surface area contributed by atoms with E-state index in [1.807, 2.05) is 0 Å². The first-order valence-electron chi connectivity index (χ1n) is 8.71. The molecule has 2 nitrogen and oxygen atoms in total. The standard InChI is InChI=1S/C19H34O2/c1-3-4-5-6-7-8-9-10-11-12-13-14-15-16-17-18(2)19(20)21/h6-7,9-10,18H,3-5,8,11-17H2,1-2H3,(H,20,21). The van der Waals surface area contributed by atoms with Crippen molar-refractivity contribution in [2.75, 3.05) is 0 Å². The predicted octanol–water partition coefficient (Wildman–Crippen LogP) is 6.13. The zero-order valence-electron chi connectivity index (χ0n) is 14.0. The van der Waals surface area contributed by atoms with Crippen molar-refractivity contribution < 1.29 is 9.90 Å². The van der Waals surface area contributed by atoms with E-state index in [-0.39, 0.29) is 5.92 Å².